The molecule has 2 amide bonds. The zero-order chi connectivity index (χ0) is 16.3. The zero-order valence-electron chi connectivity index (χ0n) is 14.7. The van der Waals surface area contributed by atoms with E-state index in [4.69, 9.17) is 0 Å². The number of carbonyl (C=O) groups is 1. The molecule has 24 heavy (non-hydrogen) atoms. The number of rotatable bonds is 2. The van der Waals surface area contributed by atoms with Crippen LogP contribution in [0.15, 0.2) is 18.3 Å². The van der Waals surface area contributed by atoms with E-state index in [1.165, 1.54) is 44.2 Å². The summed E-state index contributed by atoms with van der Waals surface area (Å²) in [7, 11) is 0. The van der Waals surface area contributed by atoms with E-state index in [0.717, 1.165) is 37.4 Å². The van der Waals surface area contributed by atoms with Crippen LogP contribution in [0.5, 0.6) is 0 Å². The third-order valence-corrected chi connectivity index (χ3v) is 7.38. The molecule has 4 saturated carbocycles. The topological polar surface area (TPSA) is 37.3 Å². The molecule has 6 rings (SSSR count). The van der Waals surface area contributed by atoms with Gasteiger partial charge in [-0.1, -0.05) is 0 Å². The van der Waals surface area contributed by atoms with Crippen molar-refractivity contribution in [3.8, 4) is 0 Å². The molecule has 4 bridgehead atoms. The van der Waals surface area contributed by atoms with Gasteiger partial charge in [-0.25, -0.2) is 4.79 Å². The van der Waals surface area contributed by atoms with Crippen LogP contribution in [0, 0.1) is 23.2 Å². The van der Waals surface area contributed by atoms with E-state index in [1.54, 1.807) is 0 Å². The molecule has 130 valence electrons. The fraction of sp³-hybridized carbons (Fsp3) is 0.750. The molecule has 0 radical (unpaired) electrons. The molecule has 1 unspecified atom stereocenters. The molecule has 4 nitrogen and oxygen atoms in total. The summed E-state index contributed by atoms with van der Waals surface area (Å²) in [4.78, 5) is 14.9. The zero-order valence-corrected chi connectivity index (χ0v) is 14.7. The largest absolute Gasteiger partial charge is 0.348 e. The second-order valence-corrected chi connectivity index (χ2v) is 9.07. The first kappa shape index (κ1) is 14.9. The maximum absolute atomic E-state index is 12.8. The highest BCUT2D eigenvalue weighted by atomic mass is 16.2. The van der Waals surface area contributed by atoms with Gasteiger partial charge in [-0.05, 0) is 80.8 Å². The Bertz CT molecular complexity index is 614. The first-order valence-corrected chi connectivity index (χ1v) is 9.81. The van der Waals surface area contributed by atoms with Crippen LogP contribution in [-0.2, 0) is 6.54 Å². The summed E-state index contributed by atoms with van der Waals surface area (Å²) in [5, 5.41) is 3.34. The first-order chi connectivity index (χ1) is 11.6. The van der Waals surface area contributed by atoms with Crippen molar-refractivity contribution < 1.29 is 4.79 Å². The van der Waals surface area contributed by atoms with Gasteiger partial charge in [0.2, 0.25) is 0 Å². The second-order valence-electron chi connectivity index (χ2n) is 9.07. The van der Waals surface area contributed by atoms with Gasteiger partial charge in [-0.2, -0.15) is 0 Å². The molecule has 4 heteroatoms. The van der Waals surface area contributed by atoms with Gasteiger partial charge in [0.15, 0.2) is 0 Å². The molecule has 4 aliphatic carbocycles. The lowest BCUT2D eigenvalue weighted by Gasteiger charge is -2.57. The van der Waals surface area contributed by atoms with E-state index in [0.29, 0.717) is 5.41 Å². The SMILES string of the molecule is CC1c2cccn2CCN1C(=O)NCC12CC3CC(CC(C3)C1)C2. The predicted octanol–water partition coefficient (Wildman–Crippen LogP) is 3.79. The number of aromatic nitrogens is 1. The van der Waals surface area contributed by atoms with Crippen molar-refractivity contribution in [1.82, 2.24) is 14.8 Å². The molecule has 0 saturated heterocycles. The average Bonchev–Trinajstić information content (AvgIpc) is 3.01. The van der Waals surface area contributed by atoms with Crippen LogP contribution in [0.4, 0.5) is 4.79 Å². The molecule has 1 aliphatic heterocycles. The van der Waals surface area contributed by atoms with Crippen molar-refractivity contribution in [1.29, 1.82) is 0 Å². The van der Waals surface area contributed by atoms with Crippen LogP contribution in [0.3, 0.4) is 0 Å². The molecule has 4 fully saturated rings. The molecule has 5 aliphatic rings. The highest BCUT2D eigenvalue weighted by molar-refractivity contribution is 5.75. The Morgan fingerprint density at radius 2 is 1.83 bits per heavy atom. The van der Waals surface area contributed by atoms with Crippen LogP contribution in [0.2, 0.25) is 0 Å². The Hall–Kier alpha value is -1.45. The summed E-state index contributed by atoms with van der Waals surface area (Å²) in [6, 6.07) is 4.54. The summed E-state index contributed by atoms with van der Waals surface area (Å²) >= 11 is 0. The number of nitrogens with one attached hydrogen (secondary N) is 1. The van der Waals surface area contributed by atoms with Crippen molar-refractivity contribution in [2.24, 2.45) is 23.2 Å². The van der Waals surface area contributed by atoms with Crippen molar-refractivity contribution in [2.45, 2.75) is 58.0 Å². The summed E-state index contributed by atoms with van der Waals surface area (Å²) in [5.74, 6) is 2.85. The van der Waals surface area contributed by atoms with Crippen LogP contribution in [-0.4, -0.2) is 28.6 Å². The summed E-state index contributed by atoms with van der Waals surface area (Å²) in [5.41, 5.74) is 1.68. The van der Waals surface area contributed by atoms with Gasteiger partial charge in [0.05, 0.1) is 6.04 Å². The van der Waals surface area contributed by atoms with Gasteiger partial charge >= 0.3 is 6.03 Å². The minimum absolute atomic E-state index is 0.144. The maximum Gasteiger partial charge on any atom is 0.318 e. The molecule has 1 atom stereocenters. The van der Waals surface area contributed by atoms with Gasteiger partial charge in [-0.3, -0.25) is 0 Å². The van der Waals surface area contributed by atoms with E-state index >= 15 is 0 Å². The fourth-order valence-corrected chi connectivity index (χ4v) is 6.73. The Morgan fingerprint density at radius 1 is 1.17 bits per heavy atom. The molecule has 1 aromatic heterocycles. The number of hydrogen-bond donors (Lipinski definition) is 1. The number of amides is 2. The van der Waals surface area contributed by atoms with Gasteiger partial charge < -0.3 is 14.8 Å². The monoisotopic (exact) mass is 327 g/mol. The van der Waals surface area contributed by atoms with E-state index < -0.39 is 0 Å². The van der Waals surface area contributed by atoms with Crippen LogP contribution in [0.25, 0.3) is 0 Å². The lowest BCUT2D eigenvalue weighted by molar-refractivity contribution is -0.0504. The van der Waals surface area contributed by atoms with E-state index in [9.17, 15) is 4.79 Å². The van der Waals surface area contributed by atoms with Crippen molar-refractivity contribution >= 4 is 6.03 Å². The molecule has 0 spiro atoms. The fourth-order valence-electron chi connectivity index (χ4n) is 6.73. The molecule has 1 aromatic rings. The summed E-state index contributed by atoms with van der Waals surface area (Å²) in [6.07, 6.45) is 10.6. The minimum Gasteiger partial charge on any atom is -0.348 e. The normalized spacial score (nSPS) is 39.8. The number of fused-ring (bicyclic) bond motifs is 1. The lowest BCUT2D eigenvalue weighted by atomic mass is 9.49. The Kier molecular flexibility index (Phi) is 3.26. The highest BCUT2D eigenvalue weighted by Gasteiger charge is 2.50. The number of nitrogens with zero attached hydrogens (tertiary/aromatic N) is 2. The van der Waals surface area contributed by atoms with Gasteiger partial charge in [0.1, 0.15) is 0 Å². The molecule has 1 N–H and O–H groups in total. The molecular formula is C20H29N3O. The quantitative estimate of drug-likeness (QED) is 0.881. The molecular weight excluding hydrogens is 298 g/mol. The highest BCUT2D eigenvalue weighted by Crippen LogP contribution is 2.59. The van der Waals surface area contributed by atoms with Crippen LogP contribution >= 0.6 is 0 Å². The molecule has 2 heterocycles. The Morgan fingerprint density at radius 3 is 2.50 bits per heavy atom. The van der Waals surface area contributed by atoms with Gasteiger partial charge in [-0.15, -0.1) is 0 Å². The Balaban J connectivity index is 1.25. The minimum atomic E-state index is 0.144. The second kappa shape index (κ2) is 5.27. The molecule has 0 aromatic carbocycles. The van der Waals surface area contributed by atoms with E-state index in [-0.39, 0.29) is 12.1 Å². The van der Waals surface area contributed by atoms with Crippen molar-refractivity contribution in [2.75, 3.05) is 13.1 Å². The van der Waals surface area contributed by atoms with Crippen molar-refractivity contribution in [3.63, 3.8) is 0 Å². The van der Waals surface area contributed by atoms with Crippen LogP contribution in [0.1, 0.15) is 57.2 Å². The van der Waals surface area contributed by atoms with Crippen molar-refractivity contribution in [3.05, 3.63) is 24.0 Å². The van der Waals surface area contributed by atoms with E-state index in [1.807, 2.05) is 4.90 Å². The average molecular weight is 327 g/mol. The van der Waals surface area contributed by atoms with Crippen LogP contribution < -0.4 is 5.32 Å². The third-order valence-electron chi connectivity index (χ3n) is 7.38. The number of carbonyl (C=O) groups excluding carboxylic acids is 1. The maximum atomic E-state index is 12.8. The Labute approximate surface area is 144 Å². The third kappa shape index (κ3) is 2.29. The predicted molar refractivity (Wildman–Crippen MR) is 93.6 cm³/mol. The van der Waals surface area contributed by atoms with Gasteiger partial charge in [0, 0.05) is 31.5 Å². The standard InChI is InChI=1S/C20H29N3O/c1-14-18-3-2-4-22(18)5-6-23(14)19(24)21-13-20-10-15-7-16(11-20)9-17(8-15)12-20/h2-4,14-17H,5-13H2,1H3,(H,21,24). The summed E-state index contributed by atoms with van der Waals surface area (Å²) < 4.78 is 2.27. The summed E-state index contributed by atoms with van der Waals surface area (Å²) in [6.45, 7) is 4.78. The lowest BCUT2D eigenvalue weighted by Crippen LogP contribution is -2.53. The van der Waals surface area contributed by atoms with E-state index in [2.05, 4.69) is 35.1 Å². The number of hydrogen-bond acceptors (Lipinski definition) is 1. The number of urea groups is 1. The van der Waals surface area contributed by atoms with Gasteiger partial charge in [0.25, 0.3) is 0 Å². The first-order valence-electron chi connectivity index (χ1n) is 9.81. The smallest absolute Gasteiger partial charge is 0.318 e.